The van der Waals surface area contributed by atoms with Crippen LogP contribution in [-0.2, 0) is 14.3 Å². The topological polar surface area (TPSA) is 112 Å². The van der Waals surface area contributed by atoms with E-state index in [9.17, 15) is 19.2 Å². The molecule has 0 saturated heterocycles. The number of nitrogens with one attached hydrogen (secondary N) is 1. The number of benzene rings is 1. The Kier molecular flexibility index (Phi) is 6.05. The first-order chi connectivity index (χ1) is 12.0. The number of carbonyl (C=O) groups excluding carboxylic acids is 4. The second-order valence-corrected chi connectivity index (χ2v) is 4.86. The second kappa shape index (κ2) is 8.44. The van der Waals surface area contributed by atoms with E-state index in [-0.39, 0.29) is 5.76 Å². The SMILES string of the molecule is CC(=O)Oc1ccc(C(=O)COC(=O)CNC(=O)c2ccco2)cc1. The van der Waals surface area contributed by atoms with Gasteiger partial charge < -0.3 is 19.2 Å². The van der Waals surface area contributed by atoms with Gasteiger partial charge in [-0.2, -0.15) is 0 Å². The second-order valence-electron chi connectivity index (χ2n) is 4.86. The van der Waals surface area contributed by atoms with Gasteiger partial charge in [-0.25, -0.2) is 0 Å². The van der Waals surface area contributed by atoms with E-state index in [1.807, 2.05) is 0 Å². The van der Waals surface area contributed by atoms with Crippen LogP contribution in [0.4, 0.5) is 0 Å². The normalized spacial score (nSPS) is 9.96. The summed E-state index contributed by atoms with van der Waals surface area (Å²) in [5.74, 6) is -1.85. The smallest absolute Gasteiger partial charge is 0.325 e. The summed E-state index contributed by atoms with van der Waals surface area (Å²) in [6.45, 7) is 0.407. The Labute approximate surface area is 142 Å². The number of Topliss-reactive ketones (excluding diaryl/α,β-unsaturated/α-hetero) is 1. The van der Waals surface area contributed by atoms with Crippen LogP contribution in [-0.4, -0.2) is 36.8 Å². The zero-order valence-electron chi connectivity index (χ0n) is 13.3. The van der Waals surface area contributed by atoms with Gasteiger partial charge in [0.15, 0.2) is 18.2 Å². The highest BCUT2D eigenvalue weighted by molar-refractivity contribution is 5.98. The molecular weight excluding hydrogens is 330 g/mol. The molecule has 0 saturated carbocycles. The van der Waals surface area contributed by atoms with E-state index in [1.165, 1.54) is 43.5 Å². The highest BCUT2D eigenvalue weighted by atomic mass is 16.5. The highest BCUT2D eigenvalue weighted by Gasteiger charge is 2.13. The molecule has 0 fully saturated rings. The molecule has 0 radical (unpaired) electrons. The third kappa shape index (κ3) is 5.61. The molecule has 0 unspecified atom stereocenters. The van der Waals surface area contributed by atoms with Crippen molar-refractivity contribution in [1.82, 2.24) is 5.32 Å². The molecule has 1 N–H and O–H groups in total. The van der Waals surface area contributed by atoms with Crippen LogP contribution < -0.4 is 10.1 Å². The first-order valence-electron chi connectivity index (χ1n) is 7.24. The predicted octanol–water partition coefficient (Wildman–Crippen LogP) is 1.36. The summed E-state index contributed by atoms with van der Waals surface area (Å²) in [5, 5.41) is 2.31. The summed E-state index contributed by atoms with van der Waals surface area (Å²) in [4.78, 5) is 45.8. The van der Waals surface area contributed by atoms with Crippen LogP contribution >= 0.6 is 0 Å². The van der Waals surface area contributed by atoms with Crippen molar-refractivity contribution in [3.8, 4) is 5.75 Å². The quantitative estimate of drug-likeness (QED) is 0.458. The van der Waals surface area contributed by atoms with Crippen molar-refractivity contribution in [2.45, 2.75) is 6.92 Å². The lowest BCUT2D eigenvalue weighted by molar-refractivity contribution is -0.141. The number of esters is 2. The maximum Gasteiger partial charge on any atom is 0.325 e. The molecule has 2 rings (SSSR count). The van der Waals surface area contributed by atoms with Gasteiger partial charge in [0, 0.05) is 12.5 Å². The van der Waals surface area contributed by atoms with Gasteiger partial charge in [-0.1, -0.05) is 0 Å². The molecule has 2 aromatic rings. The van der Waals surface area contributed by atoms with E-state index in [1.54, 1.807) is 6.07 Å². The Balaban J connectivity index is 1.76. The molecule has 25 heavy (non-hydrogen) atoms. The maximum atomic E-state index is 11.9. The zero-order valence-corrected chi connectivity index (χ0v) is 13.3. The number of ketones is 1. The van der Waals surface area contributed by atoms with Gasteiger partial charge in [-0.05, 0) is 36.4 Å². The van der Waals surface area contributed by atoms with E-state index in [0.29, 0.717) is 11.3 Å². The molecular formula is C17H15NO7. The molecule has 1 heterocycles. The van der Waals surface area contributed by atoms with Crippen LogP contribution in [0.15, 0.2) is 47.1 Å². The number of hydrogen-bond acceptors (Lipinski definition) is 7. The minimum atomic E-state index is -0.759. The number of carbonyl (C=O) groups is 4. The van der Waals surface area contributed by atoms with Gasteiger partial charge in [0.1, 0.15) is 12.3 Å². The Hall–Kier alpha value is -3.42. The maximum absolute atomic E-state index is 11.9. The van der Waals surface area contributed by atoms with Crippen molar-refractivity contribution in [2.24, 2.45) is 0 Å². The van der Waals surface area contributed by atoms with Crippen LogP contribution in [0.2, 0.25) is 0 Å². The molecule has 8 nitrogen and oxygen atoms in total. The largest absolute Gasteiger partial charge is 0.459 e. The van der Waals surface area contributed by atoms with Crippen molar-refractivity contribution >= 4 is 23.6 Å². The minimum absolute atomic E-state index is 0.0664. The van der Waals surface area contributed by atoms with Crippen LogP contribution in [0.5, 0.6) is 5.75 Å². The zero-order chi connectivity index (χ0) is 18.2. The standard InChI is InChI=1S/C17H15NO7/c1-11(19)25-13-6-4-12(5-7-13)14(20)10-24-16(21)9-18-17(22)15-3-2-8-23-15/h2-8H,9-10H2,1H3,(H,18,22). The lowest BCUT2D eigenvalue weighted by atomic mass is 10.1. The molecule has 0 spiro atoms. The Morgan fingerprint density at radius 2 is 1.80 bits per heavy atom. The number of ether oxygens (including phenoxy) is 2. The van der Waals surface area contributed by atoms with Crippen molar-refractivity contribution in [1.29, 1.82) is 0 Å². The molecule has 0 aliphatic carbocycles. The summed E-state index contributed by atoms with van der Waals surface area (Å²) in [7, 11) is 0. The molecule has 8 heteroatoms. The Bertz CT molecular complexity index is 763. The van der Waals surface area contributed by atoms with E-state index in [4.69, 9.17) is 13.9 Å². The summed E-state index contributed by atoms with van der Waals surface area (Å²) in [6, 6.07) is 8.81. The first-order valence-corrected chi connectivity index (χ1v) is 7.24. The monoisotopic (exact) mass is 345 g/mol. The van der Waals surface area contributed by atoms with E-state index >= 15 is 0 Å². The van der Waals surface area contributed by atoms with Gasteiger partial charge in [0.05, 0.1) is 6.26 Å². The van der Waals surface area contributed by atoms with Crippen LogP contribution in [0.25, 0.3) is 0 Å². The summed E-state index contributed by atoms with van der Waals surface area (Å²) >= 11 is 0. The average Bonchev–Trinajstić information content (AvgIpc) is 3.12. The summed E-state index contributed by atoms with van der Waals surface area (Å²) < 4.78 is 14.5. The highest BCUT2D eigenvalue weighted by Crippen LogP contribution is 2.13. The molecule has 0 atom stereocenters. The Morgan fingerprint density at radius 3 is 2.40 bits per heavy atom. The number of amides is 1. The first kappa shape index (κ1) is 17.9. The molecule has 0 aliphatic rings. The molecule has 0 aliphatic heterocycles. The summed E-state index contributed by atoms with van der Waals surface area (Å²) in [6.07, 6.45) is 1.33. The fourth-order valence-electron chi connectivity index (χ4n) is 1.80. The van der Waals surface area contributed by atoms with E-state index in [2.05, 4.69) is 5.32 Å². The molecule has 0 bridgehead atoms. The minimum Gasteiger partial charge on any atom is -0.459 e. The van der Waals surface area contributed by atoms with Crippen molar-refractivity contribution < 1.29 is 33.1 Å². The van der Waals surface area contributed by atoms with Crippen molar-refractivity contribution in [3.63, 3.8) is 0 Å². The lowest BCUT2D eigenvalue weighted by Gasteiger charge is -2.06. The van der Waals surface area contributed by atoms with Gasteiger partial charge in [0.2, 0.25) is 0 Å². The van der Waals surface area contributed by atoms with Crippen LogP contribution in [0.1, 0.15) is 27.8 Å². The third-order valence-electron chi connectivity index (χ3n) is 2.94. The van der Waals surface area contributed by atoms with Crippen molar-refractivity contribution in [3.05, 3.63) is 54.0 Å². The number of rotatable bonds is 7. The fourth-order valence-corrected chi connectivity index (χ4v) is 1.80. The van der Waals surface area contributed by atoms with Gasteiger partial charge >= 0.3 is 11.9 Å². The number of furan rings is 1. The predicted molar refractivity (Wildman–Crippen MR) is 84.1 cm³/mol. The van der Waals surface area contributed by atoms with Gasteiger partial charge in [-0.3, -0.25) is 19.2 Å². The van der Waals surface area contributed by atoms with E-state index in [0.717, 1.165) is 0 Å². The fraction of sp³-hybridized carbons (Fsp3) is 0.176. The summed E-state index contributed by atoms with van der Waals surface area (Å²) in [5.41, 5.74) is 0.295. The molecule has 1 aromatic heterocycles. The van der Waals surface area contributed by atoms with Gasteiger partial charge in [-0.15, -0.1) is 0 Å². The molecule has 1 amide bonds. The average molecular weight is 345 g/mol. The lowest BCUT2D eigenvalue weighted by Crippen LogP contribution is -2.31. The molecule has 130 valence electrons. The van der Waals surface area contributed by atoms with Crippen molar-refractivity contribution in [2.75, 3.05) is 13.2 Å². The van der Waals surface area contributed by atoms with Crippen LogP contribution in [0, 0.1) is 0 Å². The molecule has 1 aromatic carbocycles. The number of hydrogen-bond donors (Lipinski definition) is 1. The third-order valence-corrected chi connectivity index (χ3v) is 2.94. The van der Waals surface area contributed by atoms with Gasteiger partial charge in [0.25, 0.3) is 5.91 Å². The van der Waals surface area contributed by atoms with E-state index < -0.39 is 36.8 Å². The Morgan fingerprint density at radius 1 is 1.08 bits per heavy atom. The van der Waals surface area contributed by atoms with Crippen LogP contribution in [0.3, 0.4) is 0 Å².